The van der Waals surface area contributed by atoms with Crippen molar-refractivity contribution in [2.75, 3.05) is 20.2 Å². The van der Waals surface area contributed by atoms with Crippen LogP contribution in [0, 0.1) is 5.92 Å². The summed E-state index contributed by atoms with van der Waals surface area (Å²) in [5.74, 6) is -1.57. The predicted molar refractivity (Wildman–Crippen MR) is 58.0 cm³/mol. The van der Waals surface area contributed by atoms with Crippen molar-refractivity contribution >= 4 is 11.9 Å². The lowest BCUT2D eigenvalue weighted by molar-refractivity contribution is -0.151. The molecule has 5 nitrogen and oxygen atoms in total. The third kappa shape index (κ3) is 2.72. The van der Waals surface area contributed by atoms with E-state index in [1.54, 1.807) is 20.9 Å². The monoisotopic (exact) mass is 229 g/mol. The molecule has 1 aliphatic heterocycles. The maximum absolute atomic E-state index is 12.0. The second-order valence-corrected chi connectivity index (χ2v) is 4.61. The van der Waals surface area contributed by atoms with Crippen LogP contribution < -0.4 is 0 Å². The molecule has 0 radical (unpaired) electrons. The van der Waals surface area contributed by atoms with Crippen molar-refractivity contribution in [3.63, 3.8) is 0 Å². The van der Waals surface area contributed by atoms with Crippen LogP contribution in [0.2, 0.25) is 0 Å². The van der Waals surface area contributed by atoms with Gasteiger partial charge in [-0.05, 0) is 19.8 Å². The van der Waals surface area contributed by atoms with E-state index in [1.165, 1.54) is 4.90 Å². The van der Waals surface area contributed by atoms with Crippen LogP contribution in [0.15, 0.2) is 0 Å². The van der Waals surface area contributed by atoms with Gasteiger partial charge in [-0.2, -0.15) is 0 Å². The number of carbonyl (C=O) groups is 2. The Bertz CT molecular complexity index is 284. The van der Waals surface area contributed by atoms with Crippen molar-refractivity contribution in [1.29, 1.82) is 0 Å². The zero-order chi connectivity index (χ0) is 12.3. The number of rotatable bonds is 4. The van der Waals surface area contributed by atoms with E-state index in [0.29, 0.717) is 13.0 Å². The molecule has 2 atom stereocenters. The van der Waals surface area contributed by atoms with Crippen LogP contribution in [0.5, 0.6) is 0 Å². The molecule has 0 saturated carbocycles. The normalized spacial score (nSPS) is 26.4. The lowest BCUT2D eigenvalue weighted by atomic mass is 10.0. The fourth-order valence-electron chi connectivity index (χ4n) is 1.92. The quantitative estimate of drug-likeness (QED) is 0.772. The molecular weight excluding hydrogens is 210 g/mol. The van der Waals surface area contributed by atoms with E-state index in [9.17, 15) is 9.59 Å². The molecule has 0 aromatic rings. The van der Waals surface area contributed by atoms with Crippen LogP contribution in [0.4, 0.5) is 0 Å². The Hall–Kier alpha value is -1.10. The van der Waals surface area contributed by atoms with Gasteiger partial charge in [-0.15, -0.1) is 0 Å². The maximum Gasteiger partial charge on any atom is 0.308 e. The summed E-state index contributed by atoms with van der Waals surface area (Å²) in [5.41, 5.74) is -0.757. The fraction of sp³-hybridized carbons (Fsp3) is 0.818. The van der Waals surface area contributed by atoms with Gasteiger partial charge in [0.1, 0.15) is 5.60 Å². The van der Waals surface area contributed by atoms with E-state index in [0.717, 1.165) is 6.42 Å². The second-order valence-electron chi connectivity index (χ2n) is 4.61. The lowest BCUT2D eigenvalue weighted by Gasteiger charge is -2.29. The molecule has 1 rings (SSSR count). The molecule has 0 spiro atoms. The van der Waals surface area contributed by atoms with Gasteiger partial charge in [0.05, 0.1) is 5.92 Å². The van der Waals surface area contributed by atoms with Gasteiger partial charge in [0.25, 0.3) is 5.91 Å². The summed E-state index contributed by atoms with van der Waals surface area (Å²) >= 11 is 0. The number of amides is 1. The molecular formula is C11H19NO4. The largest absolute Gasteiger partial charge is 0.481 e. The topological polar surface area (TPSA) is 66.8 Å². The van der Waals surface area contributed by atoms with Crippen LogP contribution >= 0.6 is 0 Å². The number of aliphatic carboxylic acids is 1. The molecule has 0 bridgehead atoms. The van der Waals surface area contributed by atoms with Crippen LogP contribution in [-0.2, 0) is 14.3 Å². The zero-order valence-electron chi connectivity index (χ0n) is 10.0. The Morgan fingerprint density at radius 1 is 1.56 bits per heavy atom. The first-order valence-corrected chi connectivity index (χ1v) is 5.49. The Kier molecular flexibility index (Phi) is 3.91. The molecule has 0 aromatic carbocycles. The Balaban J connectivity index is 2.56. The van der Waals surface area contributed by atoms with Gasteiger partial charge in [0.2, 0.25) is 0 Å². The average Bonchev–Trinajstić information content (AvgIpc) is 2.64. The van der Waals surface area contributed by atoms with E-state index in [4.69, 9.17) is 9.84 Å². The van der Waals surface area contributed by atoms with Crippen LogP contribution in [0.3, 0.4) is 0 Å². The number of nitrogens with zero attached hydrogens (tertiary/aromatic N) is 1. The number of hydrogen-bond donors (Lipinski definition) is 1. The van der Waals surface area contributed by atoms with Gasteiger partial charge in [0, 0.05) is 20.2 Å². The molecule has 1 fully saturated rings. The lowest BCUT2D eigenvalue weighted by Crippen LogP contribution is -2.46. The molecule has 1 heterocycles. The van der Waals surface area contributed by atoms with Crippen molar-refractivity contribution in [1.82, 2.24) is 4.90 Å². The zero-order valence-corrected chi connectivity index (χ0v) is 10.0. The minimum absolute atomic E-state index is 0.127. The van der Waals surface area contributed by atoms with E-state index >= 15 is 0 Å². The first kappa shape index (κ1) is 13.0. The van der Waals surface area contributed by atoms with Gasteiger partial charge in [-0.25, -0.2) is 0 Å². The molecule has 1 N–H and O–H groups in total. The summed E-state index contributed by atoms with van der Waals surface area (Å²) in [6.45, 7) is 4.17. The SMILES string of the molecule is CC(CN(C)C(=O)C1(C)CCCO1)C(=O)O. The number of carboxylic acids is 1. The predicted octanol–water partition coefficient (Wildman–Crippen LogP) is 0.735. The highest BCUT2D eigenvalue weighted by molar-refractivity contribution is 5.85. The summed E-state index contributed by atoms with van der Waals surface area (Å²) in [5, 5.41) is 8.77. The molecule has 5 heteroatoms. The maximum atomic E-state index is 12.0. The molecule has 0 aliphatic carbocycles. The number of carbonyl (C=O) groups excluding carboxylic acids is 1. The van der Waals surface area contributed by atoms with Crippen LogP contribution in [0.1, 0.15) is 26.7 Å². The first-order chi connectivity index (χ1) is 7.37. The van der Waals surface area contributed by atoms with Crippen LogP contribution in [-0.4, -0.2) is 47.7 Å². The Morgan fingerprint density at radius 3 is 2.62 bits per heavy atom. The summed E-state index contributed by atoms with van der Waals surface area (Å²) < 4.78 is 5.43. The summed E-state index contributed by atoms with van der Waals surface area (Å²) in [4.78, 5) is 24.2. The third-order valence-electron chi connectivity index (χ3n) is 2.99. The van der Waals surface area contributed by atoms with Crippen molar-refractivity contribution in [3.05, 3.63) is 0 Å². The Morgan fingerprint density at radius 2 is 2.19 bits per heavy atom. The third-order valence-corrected chi connectivity index (χ3v) is 2.99. The van der Waals surface area contributed by atoms with E-state index in [1.807, 2.05) is 0 Å². The van der Waals surface area contributed by atoms with Crippen molar-refractivity contribution < 1.29 is 19.4 Å². The van der Waals surface area contributed by atoms with E-state index in [2.05, 4.69) is 0 Å². The molecule has 1 amide bonds. The number of hydrogen-bond acceptors (Lipinski definition) is 3. The van der Waals surface area contributed by atoms with Crippen molar-refractivity contribution in [3.8, 4) is 0 Å². The average molecular weight is 229 g/mol. The van der Waals surface area contributed by atoms with E-state index < -0.39 is 17.5 Å². The molecule has 16 heavy (non-hydrogen) atoms. The Labute approximate surface area is 95.4 Å². The molecule has 92 valence electrons. The number of ether oxygens (including phenoxy) is 1. The van der Waals surface area contributed by atoms with Crippen LogP contribution in [0.25, 0.3) is 0 Å². The molecule has 1 saturated heterocycles. The highest BCUT2D eigenvalue weighted by Crippen LogP contribution is 2.27. The van der Waals surface area contributed by atoms with Crippen molar-refractivity contribution in [2.45, 2.75) is 32.3 Å². The molecule has 2 unspecified atom stereocenters. The minimum atomic E-state index is -0.892. The minimum Gasteiger partial charge on any atom is -0.481 e. The summed E-state index contributed by atoms with van der Waals surface area (Å²) in [6.07, 6.45) is 1.59. The smallest absolute Gasteiger partial charge is 0.308 e. The highest BCUT2D eigenvalue weighted by Gasteiger charge is 2.40. The summed E-state index contributed by atoms with van der Waals surface area (Å²) in [7, 11) is 1.62. The summed E-state index contributed by atoms with van der Waals surface area (Å²) in [6, 6.07) is 0. The van der Waals surface area contributed by atoms with Gasteiger partial charge in [0.15, 0.2) is 0 Å². The first-order valence-electron chi connectivity index (χ1n) is 5.49. The molecule has 1 aliphatic rings. The number of carboxylic acid groups (broad SMARTS) is 1. The van der Waals surface area contributed by atoms with E-state index in [-0.39, 0.29) is 12.5 Å². The molecule has 0 aromatic heterocycles. The fourth-order valence-corrected chi connectivity index (χ4v) is 1.92. The second kappa shape index (κ2) is 4.82. The standard InChI is InChI=1S/C11H19NO4/c1-8(9(13)14)7-12(3)10(15)11(2)5-4-6-16-11/h8H,4-7H2,1-3H3,(H,13,14). The van der Waals surface area contributed by atoms with Gasteiger partial charge < -0.3 is 14.7 Å². The van der Waals surface area contributed by atoms with Crippen molar-refractivity contribution in [2.24, 2.45) is 5.92 Å². The van der Waals surface area contributed by atoms with Gasteiger partial charge >= 0.3 is 5.97 Å². The number of likely N-dealkylation sites (N-methyl/N-ethyl adjacent to an activating group) is 1. The van der Waals surface area contributed by atoms with Gasteiger partial charge in [-0.1, -0.05) is 6.92 Å². The highest BCUT2D eigenvalue weighted by atomic mass is 16.5. The van der Waals surface area contributed by atoms with Gasteiger partial charge in [-0.3, -0.25) is 9.59 Å².